The van der Waals surface area contributed by atoms with Crippen LogP contribution in [0.15, 0.2) is 0 Å². The minimum absolute atomic E-state index is 0.459. The van der Waals surface area contributed by atoms with Crippen molar-refractivity contribution < 1.29 is 50.0 Å². The van der Waals surface area contributed by atoms with E-state index in [1.165, 1.54) is 0 Å². The molecule has 2 rings (SSSR count). The van der Waals surface area contributed by atoms with Crippen molar-refractivity contribution in [3.05, 3.63) is 0 Å². The molecular weight excluding hydrogens is 442 g/mol. The molecule has 0 amide bonds. The summed E-state index contributed by atoms with van der Waals surface area (Å²) in [6, 6.07) is 0. The van der Waals surface area contributed by atoms with Gasteiger partial charge in [-0.1, -0.05) is 24.0 Å². The third-order valence-corrected chi connectivity index (χ3v) is 6.83. The first-order chi connectivity index (χ1) is 14.2. The molecule has 0 bridgehead atoms. The Morgan fingerprint density at radius 3 is 2.00 bits per heavy atom. The van der Waals surface area contributed by atoms with Gasteiger partial charge in [0.05, 0.1) is 13.2 Å². The van der Waals surface area contributed by atoms with Crippen LogP contribution in [0, 0.1) is 0 Å². The van der Waals surface area contributed by atoms with Crippen LogP contribution in [0.3, 0.4) is 0 Å². The van der Waals surface area contributed by atoms with Gasteiger partial charge in [-0.3, -0.25) is 0 Å². The quantitative estimate of drug-likeness (QED) is 0.186. The molecule has 2 aliphatic rings. The van der Waals surface area contributed by atoms with Gasteiger partial charge in [0, 0.05) is 13.1 Å². The van der Waals surface area contributed by atoms with Crippen molar-refractivity contribution in [3.63, 3.8) is 0 Å². The van der Waals surface area contributed by atoms with E-state index in [9.17, 15) is 35.7 Å². The van der Waals surface area contributed by atoms with Crippen molar-refractivity contribution in [2.75, 3.05) is 26.3 Å². The topological polar surface area (TPSA) is 173 Å². The summed E-state index contributed by atoms with van der Waals surface area (Å²) in [5.74, 6) is 0. The maximum absolute atomic E-state index is 10.6. The molecular formula is C17H31NO10S2. The minimum Gasteiger partial charge on any atom is -0.394 e. The normalized spacial score (nSPS) is 42.2. The van der Waals surface area contributed by atoms with Crippen LogP contribution < -0.4 is 0 Å². The van der Waals surface area contributed by atoms with Crippen LogP contribution in [0.4, 0.5) is 0 Å². The van der Waals surface area contributed by atoms with Crippen LogP contribution in [0.25, 0.3) is 0 Å². The van der Waals surface area contributed by atoms with E-state index in [2.05, 4.69) is 0 Å². The van der Waals surface area contributed by atoms with E-state index in [1.54, 1.807) is 0 Å². The fourth-order valence-electron chi connectivity index (χ4n) is 3.31. The van der Waals surface area contributed by atoms with Gasteiger partial charge in [0.25, 0.3) is 0 Å². The highest BCUT2D eigenvalue weighted by atomic mass is 32.2. The Morgan fingerprint density at radius 1 is 0.867 bits per heavy atom. The fourth-order valence-corrected chi connectivity index (χ4v) is 4.96. The lowest BCUT2D eigenvalue weighted by Gasteiger charge is -2.46. The first-order valence-electron chi connectivity index (χ1n) is 9.74. The van der Waals surface area contributed by atoms with Gasteiger partial charge in [-0.05, 0) is 13.8 Å². The van der Waals surface area contributed by atoms with Gasteiger partial charge in [-0.25, -0.2) is 0 Å². The third-order valence-electron chi connectivity index (χ3n) is 5.20. The zero-order valence-electron chi connectivity index (χ0n) is 16.7. The number of aliphatic hydroxyl groups is 7. The molecule has 0 aromatic heterocycles. The Kier molecular flexibility index (Phi) is 10.1. The molecule has 11 nitrogen and oxygen atoms in total. The van der Waals surface area contributed by atoms with Crippen LogP contribution >= 0.6 is 24.0 Å². The van der Waals surface area contributed by atoms with Gasteiger partial charge >= 0.3 is 0 Å². The van der Waals surface area contributed by atoms with Gasteiger partial charge in [-0.15, -0.1) is 0 Å². The predicted octanol–water partition coefficient (Wildman–Crippen LogP) is -3.03. The summed E-state index contributed by atoms with van der Waals surface area (Å²) < 4.78 is 16.9. The number of ether oxygens (including phenoxy) is 3. The van der Waals surface area contributed by atoms with E-state index < -0.39 is 73.8 Å². The summed E-state index contributed by atoms with van der Waals surface area (Å²) in [6.07, 6.45) is -13.1. The van der Waals surface area contributed by atoms with Crippen molar-refractivity contribution in [2.45, 2.75) is 74.4 Å². The Balaban J connectivity index is 2.10. The summed E-state index contributed by atoms with van der Waals surface area (Å²) in [4.78, 5) is 1.87. The molecule has 13 heteroatoms. The van der Waals surface area contributed by atoms with Crippen LogP contribution in [0.1, 0.15) is 13.8 Å². The Bertz CT molecular complexity index is 553. The van der Waals surface area contributed by atoms with E-state index >= 15 is 0 Å². The Labute approximate surface area is 184 Å². The molecule has 7 N–H and O–H groups in total. The second kappa shape index (κ2) is 11.6. The van der Waals surface area contributed by atoms with Crippen LogP contribution in [0.2, 0.25) is 0 Å². The van der Waals surface area contributed by atoms with E-state index in [-0.39, 0.29) is 0 Å². The average molecular weight is 474 g/mol. The standard InChI is InChI=1S/C17H31NO10S2/c1-3-18(4-2)17(29)30-16-13(25)11(23)14(8(6-20)27-16)28-15-12(24)10(22)9(21)7(5-19)26-15/h7-16,19-25H,3-6H2,1-2H3/t7-,8?,9+,10+,11?,12?,13-,14-,15+,16?/m1/s1. The van der Waals surface area contributed by atoms with E-state index in [4.69, 9.17) is 26.4 Å². The molecule has 10 atom stereocenters. The van der Waals surface area contributed by atoms with E-state index in [0.717, 1.165) is 11.8 Å². The molecule has 2 aliphatic heterocycles. The number of thiocarbonyl (C=S) groups is 1. The lowest BCUT2D eigenvalue weighted by Crippen LogP contribution is -2.64. The maximum atomic E-state index is 10.6. The molecule has 2 fully saturated rings. The number of hydrogen-bond acceptors (Lipinski definition) is 12. The van der Waals surface area contributed by atoms with Crippen LogP contribution in [-0.2, 0) is 14.2 Å². The first kappa shape index (κ1) is 26.1. The molecule has 0 spiro atoms. The van der Waals surface area contributed by atoms with Crippen molar-refractivity contribution in [3.8, 4) is 0 Å². The van der Waals surface area contributed by atoms with Crippen molar-refractivity contribution >= 4 is 28.3 Å². The lowest BCUT2D eigenvalue weighted by atomic mass is 9.97. The number of nitrogens with zero attached hydrogens (tertiary/aromatic N) is 1. The van der Waals surface area contributed by atoms with E-state index in [0.29, 0.717) is 17.4 Å². The van der Waals surface area contributed by atoms with Gasteiger partial charge in [0.2, 0.25) is 0 Å². The second-order valence-electron chi connectivity index (χ2n) is 7.06. The number of rotatable bonds is 7. The van der Waals surface area contributed by atoms with Gasteiger partial charge in [-0.2, -0.15) is 0 Å². The summed E-state index contributed by atoms with van der Waals surface area (Å²) >= 11 is 6.38. The number of hydrogen-bond donors (Lipinski definition) is 7. The largest absolute Gasteiger partial charge is 0.394 e. The second-order valence-corrected chi connectivity index (χ2v) is 8.79. The smallest absolute Gasteiger partial charge is 0.187 e. The minimum atomic E-state index is -1.70. The molecule has 0 aromatic carbocycles. The third kappa shape index (κ3) is 5.60. The van der Waals surface area contributed by atoms with Gasteiger partial charge in [0.15, 0.2) is 6.29 Å². The summed E-state index contributed by atoms with van der Waals surface area (Å²) in [5, 5.41) is 70.0. The van der Waals surface area contributed by atoms with E-state index in [1.807, 2.05) is 18.7 Å². The molecule has 0 aliphatic carbocycles. The number of thioether (sulfide) groups is 1. The molecule has 4 unspecified atom stereocenters. The highest BCUT2D eigenvalue weighted by Gasteiger charge is 2.50. The lowest BCUT2D eigenvalue weighted by molar-refractivity contribution is -0.338. The zero-order chi connectivity index (χ0) is 22.6. The molecule has 176 valence electrons. The summed E-state index contributed by atoms with van der Waals surface area (Å²) in [6.45, 7) is 3.91. The molecule has 30 heavy (non-hydrogen) atoms. The van der Waals surface area contributed by atoms with Crippen LogP contribution in [0.5, 0.6) is 0 Å². The van der Waals surface area contributed by atoms with Crippen molar-refractivity contribution in [2.24, 2.45) is 0 Å². The molecule has 2 heterocycles. The molecule has 0 aromatic rings. The van der Waals surface area contributed by atoms with Crippen LogP contribution in [-0.4, -0.2) is 132 Å². The highest BCUT2D eigenvalue weighted by molar-refractivity contribution is 8.23. The van der Waals surface area contributed by atoms with Gasteiger partial charge in [0.1, 0.15) is 58.6 Å². The first-order valence-corrected chi connectivity index (χ1v) is 11.0. The monoisotopic (exact) mass is 473 g/mol. The van der Waals surface area contributed by atoms with Crippen molar-refractivity contribution in [1.29, 1.82) is 0 Å². The zero-order valence-corrected chi connectivity index (χ0v) is 18.4. The fraction of sp³-hybridized carbons (Fsp3) is 0.941. The average Bonchev–Trinajstić information content (AvgIpc) is 2.74. The predicted molar refractivity (Wildman–Crippen MR) is 110 cm³/mol. The summed E-state index contributed by atoms with van der Waals surface area (Å²) in [7, 11) is 0. The summed E-state index contributed by atoms with van der Waals surface area (Å²) in [5.41, 5.74) is -0.972. The molecule has 0 saturated carbocycles. The maximum Gasteiger partial charge on any atom is 0.187 e. The Morgan fingerprint density at radius 2 is 1.47 bits per heavy atom. The highest BCUT2D eigenvalue weighted by Crippen LogP contribution is 2.33. The molecule has 2 saturated heterocycles. The Hall–Kier alpha value is -0.160. The molecule has 0 radical (unpaired) electrons. The number of aliphatic hydroxyl groups excluding tert-OH is 7. The SMILES string of the molecule is CCN(CC)C(=S)SC1OC(CO)[C@@H](O[C@@H]2O[C@H](CO)[C@H](O)[C@H](O)C2O)C(O)[C@H]1O. The van der Waals surface area contributed by atoms with Gasteiger partial charge < -0.3 is 54.9 Å². The van der Waals surface area contributed by atoms with Crippen molar-refractivity contribution in [1.82, 2.24) is 4.90 Å².